The first-order valence-electron chi connectivity index (χ1n) is 4.02. The second-order valence-electron chi connectivity index (χ2n) is 3.02. The van der Waals surface area contributed by atoms with E-state index in [-0.39, 0.29) is 11.7 Å². The molecule has 0 aromatic carbocycles. The smallest absolute Gasteiger partial charge is 0.267 e. The van der Waals surface area contributed by atoms with Crippen molar-refractivity contribution >= 4 is 15.9 Å². The maximum atomic E-state index is 11.6. The fraction of sp³-hybridized carbons (Fsp3) is 0.500. The molecule has 0 amide bonds. The van der Waals surface area contributed by atoms with Gasteiger partial charge in [-0.3, -0.25) is 9.36 Å². The van der Waals surface area contributed by atoms with Gasteiger partial charge in [-0.1, -0.05) is 0 Å². The van der Waals surface area contributed by atoms with Crippen molar-refractivity contribution in [1.29, 1.82) is 0 Å². The minimum absolute atomic E-state index is 0.0389. The van der Waals surface area contributed by atoms with Crippen LogP contribution in [0.3, 0.4) is 0 Å². The first-order chi connectivity index (χ1) is 6.18. The molecule has 0 spiro atoms. The van der Waals surface area contributed by atoms with E-state index in [2.05, 4.69) is 20.9 Å². The van der Waals surface area contributed by atoms with Gasteiger partial charge in [-0.15, -0.1) is 0 Å². The number of halogens is 1. The lowest BCUT2D eigenvalue weighted by Gasteiger charge is -2.06. The summed E-state index contributed by atoms with van der Waals surface area (Å²) in [5, 5.41) is 0. The highest BCUT2D eigenvalue weighted by Crippen LogP contribution is 2.12. The lowest BCUT2D eigenvalue weighted by molar-refractivity contribution is 0.376. The standard InChI is InChI=1S/C8H9BrN2O2/c1-5-10-2-7(9)8(12)11(5)3-6-4-13-6/h2,6H,3-4H2,1H3. The van der Waals surface area contributed by atoms with Gasteiger partial charge >= 0.3 is 0 Å². The molecule has 0 aliphatic carbocycles. The molecule has 0 radical (unpaired) electrons. The number of hydrogen-bond acceptors (Lipinski definition) is 3. The Hall–Kier alpha value is -0.680. The molecule has 1 saturated heterocycles. The molecule has 2 rings (SSSR count). The highest BCUT2D eigenvalue weighted by Gasteiger charge is 2.24. The van der Waals surface area contributed by atoms with Crippen LogP contribution in [0.5, 0.6) is 0 Å². The van der Waals surface area contributed by atoms with E-state index in [0.29, 0.717) is 11.0 Å². The summed E-state index contributed by atoms with van der Waals surface area (Å²) in [6, 6.07) is 0. The first-order valence-corrected chi connectivity index (χ1v) is 4.81. The van der Waals surface area contributed by atoms with Crippen LogP contribution in [-0.2, 0) is 11.3 Å². The molecule has 1 fully saturated rings. The van der Waals surface area contributed by atoms with Gasteiger partial charge in [0.25, 0.3) is 5.56 Å². The summed E-state index contributed by atoms with van der Waals surface area (Å²) in [6.45, 7) is 3.17. The van der Waals surface area contributed by atoms with E-state index in [4.69, 9.17) is 4.74 Å². The van der Waals surface area contributed by atoms with E-state index < -0.39 is 0 Å². The Morgan fingerprint density at radius 1 is 1.85 bits per heavy atom. The van der Waals surface area contributed by atoms with Crippen LogP contribution in [0.2, 0.25) is 0 Å². The van der Waals surface area contributed by atoms with Gasteiger partial charge in [0, 0.05) is 6.20 Å². The Kier molecular flexibility index (Phi) is 2.21. The van der Waals surface area contributed by atoms with Crippen LogP contribution in [0.1, 0.15) is 5.82 Å². The molecule has 0 N–H and O–H groups in total. The molecule has 0 bridgehead atoms. The van der Waals surface area contributed by atoms with Crippen molar-refractivity contribution in [2.45, 2.75) is 19.6 Å². The molecular weight excluding hydrogens is 236 g/mol. The zero-order chi connectivity index (χ0) is 9.42. The van der Waals surface area contributed by atoms with Gasteiger partial charge < -0.3 is 4.74 Å². The van der Waals surface area contributed by atoms with E-state index in [1.807, 2.05) is 6.92 Å². The van der Waals surface area contributed by atoms with Gasteiger partial charge in [-0.25, -0.2) is 4.98 Å². The lowest BCUT2D eigenvalue weighted by atomic mass is 10.4. The van der Waals surface area contributed by atoms with Crippen LogP contribution >= 0.6 is 15.9 Å². The minimum atomic E-state index is -0.0389. The predicted molar refractivity (Wildman–Crippen MR) is 50.7 cm³/mol. The van der Waals surface area contributed by atoms with E-state index >= 15 is 0 Å². The van der Waals surface area contributed by atoms with Crippen LogP contribution in [0.15, 0.2) is 15.5 Å². The number of hydrogen-bond donors (Lipinski definition) is 0. The van der Waals surface area contributed by atoms with Crippen molar-refractivity contribution < 1.29 is 4.74 Å². The predicted octanol–water partition coefficient (Wildman–Crippen LogP) is 0.713. The SMILES string of the molecule is Cc1ncc(Br)c(=O)n1CC1CO1. The van der Waals surface area contributed by atoms with E-state index in [1.165, 1.54) is 6.20 Å². The monoisotopic (exact) mass is 244 g/mol. The number of aryl methyl sites for hydroxylation is 1. The molecule has 2 heterocycles. The molecule has 1 unspecified atom stereocenters. The average Bonchev–Trinajstić information content (AvgIpc) is 2.89. The molecule has 1 aliphatic rings. The third kappa shape index (κ3) is 1.81. The summed E-state index contributed by atoms with van der Waals surface area (Å²) < 4.78 is 7.19. The number of nitrogens with zero attached hydrogens (tertiary/aromatic N) is 2. The summed E-state index contributed by atoms with van der Waals surface area (Å²) in [5.74, 6) is 0.726. The quantitative estimate of drug-likeness (QED) is 0.721. The molecule has 1 aromatic heterocycles. The van der Waals surface area contributed by atoms with Crippen molar-refractivity contribution in [2.24, 2.45) is 0 Å². The van der Waals surface area contributed by atoms with Crippen molar-refractivity contribution in [3.8, 4) is 0 Å². The molecule has 70 valence electrons. The largest absolute Gasteiger partial charge is 0.371 e. The maximum Gasteiger partial charge on any atom is 0.267 e. The van der Waals surface area contributed by atoms with Gasteiger partial charge in [0.05, 0.1) is 19.3 Å². The molecule has 13 heavy (non-hydrogen) atoms. The summed E-state index contributed by atoms with van der Waals surface area (Å²) in [6.07, 6.45) is 1.73. The number of rotatable bonds is 2. The molecular formula is C8H9BrN2O2. The Labute approximate surface area is 83.7 Å². The highest BCUT2D eigenvalue weighted by atomic mass is 79.9. The van der Waals surface area contributed by atoms with Gasteiger partial charge in [0.2, 0.25) is 0 Å². The van der Waals surface area contributed by atoms with Crippen LogP contribution in [0.25, 0.3) is 0 Å². The molecule has 1 atom stereocenters. The molecule has 0 saturated carbocycles. The van der Waals surface area contributed by atoms with Crippen LogP contribution in [0, 0.1) is 6.92 Å². The summed E-state index contributed by atoms with van der Waals surface area (Å²) in [4.78, 5) is 15.7. The van der Waals surface area contributed by atoms with Gasteiger partial charge in [0.15, 0.2) is 0 Å². The zero-order valence-electron chi connectivity index (χ0n) is 7.16. The Morgan fingerprint density at radius 3 is 3.15 bits per heavy atom. The summed E-state index contributed by atoms with van der Waals surface area (Å²) in [7, 11) is 0. The third-order valence-corrected chi connectivity index (χ3v) is 2.54. The second kappa shape index (κ2) is 3.23. The van der Waals surface area contributed by atoms with Crippen LogP contribution < -0.4 is 5.56 Å². The van der Waals surface area contributed by atoms with Crippen LogP contribution in [0.4, 0.5) is 0 Å². The van der Waals surface area contributed by atoms with Crippen molar-refractivity contribution in [1.82, 2.24) is 9.55 Å². The van der Waals surface area contributed by atoms with E-state index in [9.17, 15) is 4.79 Å². The second-order valence-corrected chi connectivity index (χ2v) is 3.88. The van der Waals surface area contributed by atoms with Gasteiger partial charge in [0.1, 0.15) is 10.3 Å². The fourth-order valence-corrected chi connectivity index (χ4v) is 1.46. The number of aromatic nitrogens is 2. The summed E-state index contributed by atoms with van der Waals surface area (Å²) in [5.41, 5.74) is -0.0389. The maximum absolute atomic E-state index is 11.6. The summed E-state index contributed by atoms with van der Waals surface area (Å²) >= 11 is 3.15. The number of ether oxygens (including phenoxy) is 1. The Balaban J connectivity index is 2.40. The van der Waals surface area contributed by atoms with Crippen molar-refractivity contribution in [3.63, 3.8) is 0 Å². The fourth-order valence-electron chi connectivity index (χ4n) is 1.14. The molecule has 4 nitrogen and oxygen atoms in total. The van der Waals surface area contributed by atoms with Crippen molar-refractivity contribution in [2.75, 3.05) is 6.61 Å². The zero-order valence-corrected chi connectivity index (χ0v) is 8.74. The van der Waals surface area contributed by atoms with Gasteiger partial charge in [-0.05, 0) is 22.9 Å². The molecule has 1 aromatic rings. The number of epoxide rings is 1. The lowest BCUT2D eigenvalue weighted by Crippen LogP contribution is -2.26. The Bertz CT molecular complexity index is 384. The Morgan fingerprint density at radius 2 is 2.54 bits per heavy atom. The first kappa shape index (κ1) is 8.90. The molecule has 5 heteroatoms. The normalized spacial score (nSPS) is 20.3. The van der Waals surface area contributed by atoms with Crippen LogP contribution in [-0.4, -0.2) is 22.3 Å². The van der Waals surface area contributed by atoms with E-state index in [1.54, 1.807) is 4.57 Å². The topological polar surface area (TPSA) is 47.4 Å². The third-order valence-electron chi connectivity index (χ3n) is 1.99. The minimum Gasteiger partial charge on any atom is -0.371 e. The molecule has 1 aliphatic heterocycles. The highest BCUT2D eigenvalue weighted by molar-refractivity contribution is 9.10. The van der Waals surface area contributed by atoms with E-state index in [0.717, 1.165) is 12.4 Å². The van der Waals surface area contributed by atoms with Crippen molar-refractivity contribution in [3.05, 3.63) is 26.8 Å². The average molecular weight is 245 g/mol. The van der Waals surface area contributed by atoms with Gasteiger partial charge in [-0.2, -0.15) is 0 Å².